The van der Waals surface area contributed by atoms with Crippen molar-refractivity contribution in [2.75, 3.05) is 0 Å². The molecule has 1 aromatic heterocycles. The van der Waals surface area contributed by atoms with E-state index in [4.69, 9.17) is 0 Å². The Kier molecular flexibility index (Phi) is 3.54. The second-order valence-corrected chi connectivity index (χ2v) is 4.81. The van der Waals surface area contributed by atoms with Crippen LogP contribution in [0.25, 0.3) is 11.3 Å². The molecule has 0 aliphatic carbocycles. The van der Waals surface area contributed by atoms with Gasteiger partial charge in [0.25, 0.3) is 0 Å². The highest BCUT2D eigenvalue weighted by Gasteiger charge is 2.03. The van der Waals surface area contributed by atoms with Crippen LogP contribution in [0, 0.1) is 0 Å². The minimum atomic E-state index is 0.907. The monoisotopic (exact) mass is 245 g/mol. The van der Waals surface area contributed by atoms with E-state index in [0.717, 1.165) is 10.5 Å². The molecule has 0 radical (unpaired) electrons. The van der Waals surface area contributed by atoms with Crippen LogP contribution in [0.5, 0.6) is 0 Å². The zero-order chi connectivity index (χ0) is 12.3. The average Bonchev–Trinajstić information content (AvgIpc) is 2.69. The number of hydrogen-bond acceptors (Lipinski definition) is 3. The molecule has 2 aromatic rings. The molecule has 1 aromatic carbocycles. The average molecular weight is 245 g/mol. The van der Waals surface area contributed by atoms with Gasteiger partial charge in [-0.15, -0.1) is 16.4 Å². The van der Waals surface area contributed by atoms with Gasteiger partial charge in [-0.1, -0.05) is 30.3 Å². The maximum atomic E-state index is 4.22. The summed E-state index contributed by atoms with van der Waals surface area (Å²) in [6.45, 7) is 3.88. The second-order valence-electron chi connectivity index (χ2n) is 3.98. The summed E-state index contributed by atoms with van der Waals surface area (Å²) in [5.41, 5.74) is 3.32. The molecule has 0 aliphatic heterocycles. The first kappa shape index (κ1) is 11.8. The van der Waals surface area contributed by atoms with Gasteiger partial charge in [0.15, 0.2) is 0 Å². The predicted octanol–water partition coefficient (Wildman–Crippen LogP) is 3.05. The van der Waals surface area contributed by atoms with Crippen LogP contribution in [0.1, 0.15) is 13.8 Å². The number of aromatic nitrogens is 1. The molecule has 1 heterocycles. The molecule has 88 valence electrons. The van der Waals surface area contributed by atoms with E-state index >= 15 is 0 Å². The van der Waals surface area contributed by atoms with Crippen LogP contribution in [0.4, 0.5) is 0 Å². The third-order valence-corrected chi connectivity index (χ3v) is 3.24. The number of thiazole rings is 1. The maximum absolute atomic E-state index is 4.22. The fourth-order valence-corrected chi connectivity index (χ4v) is 2.33. The van der Waals surface area contributed by atoms with Crippen molar-refractivity contribution in [2.24, 2.45) is 17.3 Å². The van der Waals surface area contributed by atoms with Crippen molar-refractivity contribution in [1.29, 1.82) is 0 Å². The van der Waals surface area contributed by atoms with Crippen molar-refractivity contribution < 1.29 is 0 Å². The van der Waals surface area contributed by atoms with Crippen molar-refractivity contribution in [3.8, 4) is 11.3 Å². The summed E-state index contributed by atoms with van der Waals surface area (Å²) < 4.78 is 2.06. The van der Waals surface area contributed by atoms with Crippen LogP contribution in [0.15, 0.2) is 45.9 Å². The summed E-state index contributed by atoms with van der Waals surface area (Å²) in [6, 6.07) is 10.3. The molecular formula is C13H15N3S. The molecule has 4 heteroatoms. The summed E-state index contributed by atoms with van der Waals surface area (Å²) in [5.74, 6) is 0. The molecule has 0 amide bonds. The summed E-state index contributed by atoms with van der Waals surface area (Å²) in [4.78, 5) is 0.907. The van der Waals surface area contributed by atoms with E-state index in [-0.39, 0.29) is 0 Å². The quantitative estimate of drug-likeness (QED) is 0.575. The third kappa shape index (κ3) is 2.71. The van der Waals surface area contributed by atoms with Crippen molar-refractivity contribution in [3.05, 3.63) is 40.5 Å². The van der Waals surface area contributed by atoms with Crippen LogP contribution < -0.4 is 4.80 Å². The highest BCUT2D eigenvalue weighted by molar-refractivity contribution is 7.07. The summed E-state index contributed by atoms with van der Waals surface area (Å²) in [5, 5.41) is 10.4. The van der Waals surface area contributed by atoms with Gasteiger partial charge < -0.3 is 4.57 Å². The van der Waals surface area contributed by atoms with Gasteiger partial charge >= 0.3 is 0 Å². The minimum Gasteiger partial charge on any atom is -0.318 e. The predicted molar refractivity (Wildman–Crippen MR) is 73.1 cm³/mol. The van der Waals surface area contributed by atoms with Crippen molar-refractivity contribution >= 4 is 17.0 Å². The van der Waals surface area contributed by atoms with Crippen molar-refractivity contribution in [2.45, 2.75) is 13.8 Å². The van der Waals surface area contributed by atoms with E-state index in [0.29, 0.717) is 0 Å². The van der Waals surface area contributed by atoms with E-state index in [2.05, 4.69) is 32.3 Å². The van der Waals surface area contributed by atoms with Crippen LogP contribution in [-0.4, -0.2) is 10.3 Å². The van der Waals surface area contributed by atoms with Crippen LogP contribution in [0.2, 0.25) is 0 Å². The number of nitrogens with zero attached hydrogens (tertiary/aromatic N) is 3. The summed E-state index contributed by atoms with van der Waals surface area (Å²) >= 11 is 1.60. The Labute approximate surface area is 105 Å². The fraction of sp³-hybridized carbons (Fsp3) is 0.231. The molecule has 2 rings (SSSR count). The molecular weight excluding hydrogens is 230 g/mol. The molecule has 3 nitrogen and oxygen atoms in total. The van der Waals surface area contributed by atoms with Gasteiger partial charge in [0, 0.05) is 18.1 Å². The molecule has 0 aliphatic rings. The number of rotatable bonds is 2. The zero-order valence-corrected chi connectivity index (χ0v) is 11.0. The lowest BCUT2D eigenvalue weighted by Crippen LogP contribution is -2.10. The maximum Gasteiger partial charge on any atom is 0.210 e. The summed E-state index contributed by atoms with van der Waals surface area (Å²) in [6.07, 6.45) is 0. The molecule has 0 fully saturated rings. The van der Waals surface area contributed by atoms with Gasteiger partial charge in [0.2, 0.25) is 4.80 Å². The van der Waals surface area contributed by atoms with Crippen LogP contribution in [-0.2, 0) is 7.05 Å². The number of hydrogen-bond donors (Lipinski definition) is 0. The third-order valence-electron chi connectivity index (χ3n) is 2.33. The lowest BCUT2D eigenvalue weighted by molar-refractivity contribution is 0.862. The van der Waals surface area contributed by atoms with Crippen LogP contribution in [0.3, 0.4) is 0 Å². The molecule has 0 N–H and O–H groups in total. The Morgan fingerprint density at radius 1 is 1.18 bits per heavy atom. The van der Waals surface area contributed by atoms with Gasteiger partial charge in [0.05, 0.1) is 5.69 Å². The van der Waals surface area contributed by atoms with Gasteiger partial charge in [-0.05, 0) is 19.4 Å². The van der Waals surface area contributed by atoms with Gasteiger partial charge in [-0.2, -0.15) is 5.10 Å². The molecule has 0 saturated heterocycles. The molecule has 0 spiro atoms. The fourth-order valence-electron chi connectivity index (χ4n) is 1.47. The van der Waals surface area contributed by atoms with E-state index in [9.17, 15) is 0 Å². The van der Waals surface area contributed by atoms with E-state index in [1.165, 1.54) is 11.3 Å². The van der Waals surface area contributed by atoms with Gasteiger partial charge in [-0.25, -0.2) is 0 Å². The minimum absolute atomic E-state index is 0.907. The lowest BCUT2D eigenvalue weighted by Gasteiger charge is -2.01. The molecule has 0 unspecified atom stereocenters. The Balaban J connectivity index is 2.47. The van der Waals surface area contributed by atoms with Gasteiger partial charge in [0.1, 0.15) is 0 Å². The Morgan fingerprint density at radius 3 is 2.53 bits per heavy atom. The van der Waals surface area contributed by atoms with Crippen molar-refractivity contribution in [3.63, 3.8) is 0 Å². The van der Waals surface area contributed by atoms with Gasteiger partial charge in [-0.3, -0.25) is 0 Å². The zero-order valence-electron chi connectivity index (χ0n) is 10.2. The molecule has 0 saturated carbocycles. The molecule has 0 bridgehead atoms. The standard InChI is InChI=1S/C13H15N3S/c1-10(2)14-15-13-16(3)12(9-17-13)11-7-5-4-6-8-11/h4-9H,1-3H3. The van der Waals surface area contributed by atoms with E-state index < -0.39 is 0 Å². The first-order valence-corrected chi connectivity index (χ1v) is 6.31. The highest BCUT2D eigenvalue weighted by Crippen LogP contribution is 2.18. The molecule has 17 heavy (non-hydrogen) atoms. The topological polar surface area (TPSA) is 29.6 Å². The lowest BCUT2D eigenvalue weighted by atomic mass is 10.2. The SMILES string of the molecule is CC(C)=NN=c1scc(-c2ccccc2)n1C. The number of benzene rings is 1. The first-order valence-electron chi connectivity index (χ1n) is 5.43. The largest absolute Gasteiger partial charge is 0.318 e. The Morgan fingerprint density at radius 2 is 1.88 bits per heavy atom. The normalized spacial score (nSPS) is 11.6. The first-order chi connectivity index (χ1) is 8.18. The molecule has 0 atom stereocenters. The Hall–Kier alpha value is -1.68. The summed E-state index contributed by atoms with van der Waals surface area (Å²) in [7, 11) is 2.01. The highest BCUT2D eigenvalue weighted by atomic mass is 32.1. The van der Waals surface area contributed by atoms with Crippen molar-refractivity contribution in [1.82, 2.24) is 4.57 Å². The second kappa shape index (κ2) is 5.10. The smallest absolute Gasteiger partial charge is 0.210 e. The van der Waals surface area contributed by atoms with E-state index in [1.807, 2.05) is 39.1 Å². The van der Waals surface area contributed by atoms with E-state index in [1.54, 1.807) is 11.3 Å². The Bertz CT molecular complexity index is 587. The van der Waals surface area contributed by atoms with Crippen LogP contribution >= 0.6 is 11.3 Å².